The first-order valence-corrected chi connectivity index (χ1v) is 9.74. The first-order chi connectivity index (χ1) is 11.2. The number of rotatable bonds is 6. The van der Waals surface area contributed by atoms with Crippen molar-refractivity contribution >= 4 is 17.2 Å². The summed E-state index contributed by atoms with van der Waals surface area (Å²) in [5.41, 5.74) is 0.900. The van der Waals surface area contributed by atoms with E-state index in [-0.39, 0.29) is 5.91 Å². The highest BCUT2D eigenvalue weighted by Crippen LogP contribution is 2.37. The largest absolute Gasteiger partial charge is 0.351 e. The number of carbonyl (C=O) groups is 1. The summed E-state index contributed by atoms with van der Waals surface area (Å²) in [7, 11) is 0. The number of aryl methyl sites for hydroxylation is 1. The van der Waals surface area contributed by atoms with E-state index in [9.17, 15) is 4.79 Å². The summed E-state index contributed by atoms with van der Waals surface area (Å²) in [6, 6.07) is 0. The van der Waals surface area contributed by atoms with Gasteiger partial charge in [-0.2, -0.15) is 0 Å². The molecule has 2 N–H and O–H groups in total. The molecule has 1 aliphatic carbocycles. The van der Waals surface area contributed by atoms with Gasteiger partial charge in [-0.15, -0.1) is 11.3 Å². The van der Waals surface area contributed by atoms with Crippen LogP contribution in [0.1, 0.15) is 58.4 Å². The Morgan fingerprint density at radius 3 is 2.83 bits per heavy atom. The minimum atomic E-state index is 0.0598. The Morgan fingerprint density at radius 1 is 1.35 bits per heavy atom. The number of piperazine rings is 1. The molecule has 1 saturated heterocycles. The van der Waals surface area contributed by atoms with Crippen LogP contribution >= 0.6 is 11.3 Å². The lowest BCUT2D eigenvalue weighted by Crippen LogP contribution is -2.44. The van der Waals surface area contributed by atoms with Crippen molar-refractivity contribution in [2.45, 2.75) is 44.9 Å². The summed E-state index contributed by atoms with van der Waals surface area (Å²) < 4.78 is 0. The fourth-order valence-electron chi connectivity index (χ4n) is 3.49. The second kappa shape index (κ2) is 8.22. The molecule has 1 amide bonds. The molecule has 0 aromatic carbocycles. The van der Waals surface area contributed by atoms with Gasteiger partial charge >= 0.3 is 0 Å². The molecule has 23 heavy (non-hydrogen) atoms. The van der Waals surface area contributed by atoms with Crippen LogP contribution in [0.15, 0.2) is 0 Å². The van der Waals surface area contributed by atoms with E-state index in [1.807, 2.05) is 6.92 Å². The van der Waals surface area contributed by atoms with Crippen molar-refractivity contribution in [2.75, 3.05) is 39.3 Å². The summed E-state index contributed by atoms with van der Waals surface area (Å²) in [5.74, 6) is 0.650. The summed E-state index contributed by atoms with van der Waals surface area (Å²) in [5, 5.41) is 7.60. The summed E-state index contributed by atoms with van der Waals surface area (Å²) in [6.45, 7) is 8.17. The zero-order valence-corrected chi connectivity index (χ0v) is 14.9. The maximum absolute atomic E-state index is 12.4. The molecule has 2 aliphatic rings. The van der Waals surface area contributed by atoms with Gasteiger partial charge in [0.1, 0.15) is 4.88 Å². The van der Waals surface area contributed by atoms with E-state index in [4.69, 9.17) is 0 Å². The molecule has 0 atom stereocenters. The van der Waals surface area contributed by atoms with Gasteiger partial charge in [0.15, 0.2) is 0 Å². The standard InChI is InChI=1S/C17H28N4OS/c1-13-15(23-17(20-13)14-5-2-3-6-14)16(22)19-7-4-10-21-11-8-18-9-12-21/h14,18H,2-12H2,1H3,(H,19,22). The molecule has 5 nitrogen and oxygen atoms in total. The van der Waals surface area contributed by atoms with Crippen molar-refractivity contribution < 1.29 is 4.79 Å². The Kier molecular flexibility index (Phi) is 6.02. The van der Waals surface area contributed by atoms with Crippen molar-refractivity contribution in [3.05, 3.63) is 15.6 Å². The number of nitrogens with zero attached hydrogens (tertiary/aromatic N) is 2. The third kappa shape index (κ3) is 4.52. The van der Waals surface area contributed by atoms with Crippen LogP contribution in [0.25, 0.3) is 0 Å². The lowest BCUT2D eigenvalue weighted by atomic mass is 10.1. The molecule has 1 aliphatic heterocycles. The number of aromatic nitrogens is 1. The highest BCUT2D eigenvalue weighted by Gasteiger charge is 2.23. The zero-order chi connectivity index (χ0) is 16.1. The smallest absolute Gasteiger partial charge is 0.263 e. The second-order valence-electron chi connectivity index (χ2n) is 6.65. The van der Waals surface area contributed by atoms with E-state index in [0.717, 1.165) is 56.3 Å². The molecule has 1 saturated carbocycles. The van der Waals surface area contributed by atoms with E-state index in [0.29, 0.717) is 5.92 Å². The molecular formula is C17H28N4OS. The number of nitrogens with one attached hydrogen (secondary N) is 2. The van der Waals surface area contributed by atoms with Gasteiger partial charge in [-0.3, -0.25) is 4.79 Å². The third-order valence-corrected chi connectivity index (χ3v) is 6.19. The average molecular weight is 337 g/mol. The molecule has 2 heterocycles. The Morgan fingerprint density at radius 2 is 2.09 bits per heavy atom. The molecule has 128 valence electrons. The SMILES string of the molecule is Cc1nc(C2CCCC2)sc1C(=O)NCCCN1CCNCC1. The van der Waals surface area contributed by atoms with Crippen LogP contribution in [-0.4, -0.2) is 55.1 Å². The molecule has 2 fully saturated rings. The van der Waals surface area contributed by atoms with Gasteiger partial charge in [0.2, 0.25) is 0 Å². The highest BCUT2D eigenvalue weighted by atomic mass is 32.1. The van der Waals surface area contributed by atoms with Gasteiger partial charge in [0.05, 0.1) is 10.7 Å². The maximum atomic E-state index is 12.4. The number of hydrogen-bond acceptors (Lipinski definition) is 5. The lowest BCUT2D eigenvalue weighted by molar-refractivity contribution is 0.0954. The van der Waals surface area contributed by atoms with Crippen LogP contribution in [0.4, 0.5) is 0 Å². The summed E-state index contributed by atoms with van der Waals surface area (Å²) in [4.78, 5) is 20.3. The molecule has 0 radical (unpaired) electrons. The summed E-state index contributed by atoms with van der Waals surface area (Å²) >= 11 is 1.61. The van der Waals surface area contributed by atoms with E-state index < -0.39 is 0 Å². The predicted molar refractivity (Wildman–Crippen MR) is 94.3 cm³/mol. The van der Waals surface area contributed by atoms with E-state index in [2.05, 4.69) is 20.5 Å². The fourth-order valence-corrected chi connectivity index (χ4v) is 4.65. The molecule has 1 aromatic rings. The molecule has 1 aromatic heterocycles. The van der Waals surface area contributed by atoms with Crippen LogP contribution < -0.4 is 10.6 Å². The van der Waals surface area contributed by atoms with Gasteiger partial charge in [-0.25, -0.2) is 4.98 Å². The van der Waals surface area contributed by atoms with Gasteiger partial charge in [-0.05, 0) is 32.7 Å². The quantitative estimate of drug-likeness (QED) is 0.782. The van der Waals surface area contributed by atoms with Gasteiger partial charge in [0, 0.05) is 38.6 Å². The molecular weight excluding hydrogens is 308 g/mol. The monoisotopic (exact) mass is 336 g/mol. The Labute approximate surface area is 142 Å². The van der Waals surface area contributed by atoms with Crippen LogP contribution in [0, 0.1) is 6.92 Å². The van der Waals surface area contributed by atoms with Crippen LogP contribution in [0.5, 0.6) is 0 Å². The third-order valence-electron chi connectivity index (χ3n) is 4.87. The normalized spacial score (nSPS) is 20.0. The van der Waals surface area contributed by atoms with Crippen LogP contribution in [0.3, 0.4) is 0 Å². The van der Waals surface area contributed by atoms with Crippen LogP contribution in [0.2, 0.25) is 0 Å². The molecule has 0 bridgehead atoms. The molecule has 0 spiro atoms. The maximum Gasteiger partial charge on any atom is 0.263 e. The average Bonchev–Trinajstić information content (AvgIpc) is 3.21. The van der Waals surface area contributed by atoms with Crippen molar-refractivity contribution in [1.82, 2.24) is 20.5 Å². The van der Waals surface area contributed by atoms with Crippen molar-refractivity contribution in [3.63, 3.8) is 0 Å². The summed E-state index contributed by atoms with van der Waals surface area (Å²) in [6.07, 6.45) is 6.09. The fraction of sp³-hybridized carbons (Fsp3) is 0.765. The Bertz CT molecular complexity index is 519. The van der Waals surface area contributed by atoms with Gasteiger partial charge < -0.3 is 15.5 Å². The zero-order valence-electron chi connectivity index (χ0n) is 14.1. The molecule has 6 heteroatoms. The number of hydrogen-bond donors (Lipinski definition) is 2. The van der Waals surface area contributed by atoms with Crippen LogP contribution in [-0.2, 0) is 0 Å². The lowest BCUT2D eigenvalue weighted by Gasteiger charge is -2.27. The molecule has 0 unspecified atom stereocenters. The number of carbonyl (C=O) groups excluding carboxylic acids is 1. The Balaban J connectivity index is 1.44. The van der Waals surface area contributed by atoms with E-state index in [1.165, 1.54) is 30.7 Å². The Hall–Kier alpha value is -0.980. The number of thiazole rings is 1. The van der Waals surface area contributed by atoms with E-state index >= 15 is 0 Å². The first kappa shape index (κ1) is 16.9. The van der Waals surface area contributed by atoms with Gasteiger partial charge in [-0.1, -0.05) is 12.8 Å². The highest BCUT2D eigenvalue weighted by molar-refractivity contribution is 7.13. The second-order valence-corrected chi connectivity index (χ2v) is 7.68. The van der Waals surface area contributed by atoms with Gasteiger partial charge in [0.25, 0.3) is 5.91 Å². The number of amides is 1. The minimum Gasteiger partial charge on any atom is -0.351 e. The minimum absolute atomic E-state index is 0.0598. The topological polar surface area (TPSA) is 57.3 Å². The van der Waals surface area contributed by atoms with Crippen molar-refractivity contribution in [3.8, 4) is 0 Å². The first-order valence-electron chi connectivity index (χ1n) is 8.92. The van der Waals surface area contributed by atoms with E-state index in [1.54, 1.807) is 11.3 Å². The van der Waals surface area contributed by atoms with Crippen molar-refractivity contribution in [1.29, 1.82) is 0 Å². The van der Waals surface area contributed by atoms with Crippen molar-refractivity contribution in [2.24, 2.45) is 0 Å². The predicted octanol–water partition coefficient (Wildman–Crippen LogP) is 2.13. The molecule has 3 rings (SSSR count).